The van der Waals surface area contributed by atoms with Crippen molar-refractivity contribution < 1.29 is 9.53 Å². The van der Waals surface area contributed by atoms with Crippen LogP contribution in [0.1, 0.15) is 13.3 Å². The number of ether oxygens (including phenoxy) is 1. The van der Waals surface area contributed by atoms with Crippen LogP contribution in [0.5, 0.6) is 0 Å². The van der Waals surface area contributed by atoms with E-state index in [1.807, 2.05) is 21.1 Å². The number of hydrogen-bond donors (Lipinski definition) is 3. The highest BCUT2D eigenvalue weighted by molar-refractivity contribution is 5.86. The first-order chi connectivity index (χ1) is 7.01. The Hall–Kier alpha value is -0.620. The molecule has 0 aromatic carbocycles. The summed E-state index contributed by atoms with van der Waals surface area (Å²) >= 11 is 0. The van der Waals surface area contributed by atoms with E-state index in [0.717, 1.165) is 0 Å². The number of esters is 1. The van der Waals surface area contributed by atoms with Gasteiger partial charge in [-0.15, -0.1) is 12.4 Å². The molecule has 0 aliphatic rings. The lowest BCUT2D eigenvalue weighted by Crippen LogP contribution is -2.63. The highest BCUT2D eigenvalue weighted by Crippen LogP contribution is 2.02. The van der Waals surface area contributed by atoms with Gasteiger partial charge in [0.25, 0.3) is 0 Å². The SMILES string of the molecule is C=C(C)C(=O)OCCC(NC)(NC)NC.Cl. The van der Waals surface area contributed by atoms with Gasteiger partial charge in [-0.1, -0.05) is 6.58 Å². The average molecular weight is 252 g/mol. The number of rotatable bonds is 7. The maximum Gasteiger partial charge on any atom is 0.333 e. The first-order valence-corrected chi connectivity index (χ1v) is 4.90. The summed E-state index contributed by atoms with van der Waals surface area (Å²) in [6, 6.07) is 0. The predicted molar refractivity (Wildman–Crippen MR) is 67.5 cm³/mol. The smallest absolute Gasteiger partial charge is 0.333 e. The van der Waals surface area contributed by atoms with Gasteiger partial charge in [0, 0.05) is 12.0 Å². The zero-order valence-electron chi connectivity index (χ0n) is 10.3. The maximum absolute atomic E-state index is 11.1. The Labute approximate surface area is 103 Å². The summed E-state index contributed by atoms with van der Waals surface area (Å²) in [6.07, 6.45) is 0.621. The van der Waals surface area contributed by atoms with E-state index < -0.39 is 5.79 Å². The van der Waals surface area contributed by atoms with Crippen LogP contribution in [0.15, 0.2) is 12.2 Å². The Morgan fingerprint density at radius 1 is 1.25 bits per heavy atom. The first kappa shape index (κ1) is 17.8. The van der Waals surface area contributed by atoms with Crippen molar-refractivity contribution in [3.8, 4) is 0 Å². The van der Waals surface area contributed by atoms with Crippen LogP contribution in [0.3, 0.4) is 0 Å². The Bertz CT molecular complexity index is 222. The minimum Gasteiger partial charge on any atom is -0.462 e. The fraction of sp³-hybridized carbons (Fsp3) is 0.700. The normalized spacial score (nSPS) is 10.5. The predicted octanol–water partition coefficient (Wildman–Crippen LogP) is 0.230. The zero-order valence-corrected chi connectivity index (χ0v) is 11.2. The van der Waals surface area contributed by atoms with Crippen molar-refractivity contribution in [1.82, 2.24) is 16.0 Å². The molecule has 5 nitrogen and oxygen atoms in total. The Balaban J connectivity index is 0. The lowest BCUT2D eigenvalue weighted by atomic mass is 10.2. The maximum atomic E-state index is 11.1. The summed E-state index contributed by atoms with van der Waals surface area (Å²) in [5.74, 6) is -0.762. The highest BCUT2D eigenvalue weighted by Gasteiger charge is 2.23. The molecule has 3 N–H and O–H groups in total. The molecule has 0 saturated heterocycles. The molecule has 0 unspecified atom stereocenters. The molecule has 0 aromatic rings. The van der Waals surface area contributed by atoms with Crippen LogP contribution < -0.4 is 16.0 Å². The van der Waals surface area contributed by atoms with E-state index in [9.17, 15) is 4.79 Å². The molecule has 6 heteroatoms. The molecule has 0 rings (SSSR count). The van der Waals surface area contributed by atoms with Gasteiger partial charge in [0.15, 0.2) is 0 Å². The third-order valence-corrected chi connectivity index (χ3v) is 2.34. The molecule has 96 valence electrons. The van der Waals surface area contributed by atoms with Gasteiger partial charge in [0.2, 0.25) is 0 Å². The zero-order chi connectivity index (χ0) is 11.9. The van der Waals surface area contributed by atoms with Gasteiger partial charge in [0.1, 0.15) is 5.79 Å². The van der Waals surface area contributed by atoms with Crippen molar-refractivity contribution in [3.63, 3.8) is 0 Å². The molecule has 0 spiro atoms. The van der Waals surface area contributed by atoms with Crippen LogP contribution in [0.25, 0.3) is 0 Å². The average Bonchev–Trinajstić information content (AvgIpc) is 2.24. The number of carbonyl (C=O) groups excluding carboxylic acids is 1. The van der Waals surface area contributed by atoms with Crippen molar-refractivity contribution in [2.75, 3.05) is 27.7 Å². The van der Waals surface area contributed by atoms with Crippen molar-refractivity contribution in [2.24, 2.45) is 0 Å². The number of hydrogen-bond acceptors (Lipinski definition) is 5. The van der Waals surface area contributed by atoms with Crippen LogP contribution in [-0.4, -0.2) is 39.5 Å². The second kappa shape index (κ2) is 8.52. The third kappa shape index (κ3) is 5.46. The molecule has 0 saturated carbocycles. The van der Waals surface area contributed by atoms with Crippen molar-refractivity contribution in [3.05, 3.63) is 12.2 Å². The quantitative estimate of drug-likeness (QED) is 0.344. The first-order valence-electron chi connectivity index (χ1n) is 4.90. The molecule has 0 atom stereocenters. The summed E-state index contributed by atoms with van der Waals surface area (Å²) in [4.78, 5) is 11.1. The molecule has 0 aliphatic carbocycles. The van der Waals surface area contributed by atoms with Crippen molar-refractivity contribution in [2.45, 2.75) is 19.1 Å². The molecule has 0 radical (unpaired) electrons. The fourth-order valence-corrected chi connectivity index (χ4v) is 1.17. The standard InChI is InChI=1S/C10H21N3O2.ClH/c1-8(2)9(14)15-7-6-10(11-3,12-4)13-5;/h11-13H,1,6-7H2,2-5H3;1H. The van der Waals surface area contributed by atoms with Gasteiger partial charge < -0.3 is 4.74 Å². The Morgan fingerprint density at radius 2 is 1.69 bits per heavy atom. The summed E-state index contributed by atoms with van der Waals surface area (Å²) in [5.41, 5.74) is 0.416. The van der Waals surface area contributed by atoms with Gasteiger partial charge in [-0.3, -0.25) is 16.0 Å². The second-order valence-electron chi connectivity index (χ2n) is 3.32. The molecule has 0 aromatic heterocycles. The van der Waals surface area contributed by atoms with Crippen LogP contribution >= 0.6 is 12.4 Å². The van der Waals surface area contributed by atoms with E-state index in [2.05, 4.69) is 22.5 Å². The topological polar surface area (TPSA) is 62.4 Å². The Morgan fingerprint density at radius 3 is 2.00 bits per heavy atom. The van der Waals surface area contributed by atoms with E-state index in [1.54, 1.807) is 6.92 Å². The number of halogens is 1. The van der Waals surface area contributed by atoms with E-state index in [4.69, 9.17) is 4.74 Å². The molecule has 0 fully saturated rings. The van der Waals surface area contributed by atoms with Gasteiger partial charge in [-0.2, -0.15) is 0 Å². The van der Waals surface area contributed by atoms with E-state index in [1.165, 1.54) is 0 Å². The largest absolute Gasteiger partial charge is 0.462 e. The van der Waals surface area contributed by atoms with E-state index >= 15 is 0 Å². The van der Waals surface area contributed by atoms with Gasteiger partial charge in [0.05, 0.1) is 6.61 Å². The second-order valence-corrected chi connectivity index (χ2v) is 3.32. The summed E-state index contributed by atoms with van der Waals surface area (Å²) in [5, 5.41) is 9.25. The minimum absolute atomic E-state index is 0. The molecule has 0 bridgehead atoms. The monoisotopic (exact) mass is 251 g/mol. The van der Waals surface area contributed by atoms with E-state index in [0.29, 0.717) is 18.6 Å². The van der Waals surface area contributed by atoms with E-state index in [-0.39, 0.29) is 18.4 Å². The fourth-order valence-electron chi connectivity index (χ4n) is 1.17. The van der Waals surface area contributed by atoms with Crippen LogP contribution in [0.2, 0.25) is 0 Å². The summed E-state index contributed by atoms with van der Waals surface area (Å²) < 4.78 is 5.01. The molecule has 16 heavy (non-hydrogen) atoms. The van der Waals surface area contributed by atoms with Crippen LogP contribution in [0.4, 0.5) is 0 Å². The van der Waals surface area contributed by atoms with Gasteiger partial charge >= 0.3 is 5.97 Å². The van der Waals surface area contributed by atoms with Gasteiger partial charge in [-0.05, 0) is 28.1 Å². The number of carbonyl (C=O) groups is 1. The molecule has 0 amide bonds. The third-order valence-electron chi connectivity index (χ3n) is 2.34. The molecular formula is C10H22ClN3O2. The Kier molecular flexibility index (Phi) is 9.46. The van der Waals surface area contributed by atoms with Crippen molar-refractivity contribution in [1.29, 1.82) is 0 Å². The van der Waals surface area contributed by atoms with Crippen molar-refractivity contribution >= 4 is 18.4 Å². The van der Waals surface area contributed by atoms with Crippen LogP contribution in [-0.2, 0) is 9.53 Å². The highest BCUT2D eigenvalue weighted by atomic mass is 35.5. The summed E-state index contributed by atoms with van der Waals surface area (Å²) in [7, 11) is 5.48. The lowest BCUT2D eigenvalue weighted by molar-refractivity contribution is -0.139. The lowest BCUT2D eigenvalue weighted by Gasteiger charge is -2.32. The number of nitrogens with one attached hydrogen (secondary N) is 3. The van der Waals surface area contributed by atoms with Gasteiger partial charge in [-0.25, -0.2) is 4.79 Å². The summed E-state index contributed by atoms with van der Waals surface area (Å²) in [6.45, 7) is 5.47. The minimum atomic E-state index is -0.407. The van der Waals surface area contributed by atoms with Crippen LogP contribution in [0, 0.1) is 0 Å². The molecule has 0 aliphatic heterocycles. The molecular weight excluding hydrogens is 230 g/mol. The molecule has 0 heterocycles.